The predicted octanol–water partition coefficient (Wildman–Crippen LogP) is 2.78. The molecule has 4 nitrogen and oxygen atoms in total. The van der Waals surface area contributed by atoms with Crippen molar-refractivity contribution in [2.45, 2.75) is 32.4 Å². The number of pyridine rings is 1. The Hall–Kier alpha value is -2.36. The zero-order valence-corrected chi connectivity index (χ0v) is 12.1. The van der Waals surface area contributed by atoms with Crippen LogP contribution in [0.5, 0.6) is 0 Å². The zero-order valence-electron chi connectivity index (χ0n) is 12.1. The molecule has 3 rings (SSSR count). The van der Waals surface area contributed by atoms with E-state index in [-0.39, 0.29) is 5.91 Å². The number of rotatable bonds is 4. The Bertz CT molecular complexity index is 650. The molecule has 108 valence electrons. The van der Waals surface area contributed by atoms with E-state index in [9.17, 15) is 4.79 Å². The Morgan fingerprint density at radius 2 is 2.19 bits per heavy atom. The van der Waals surface area contributed by atoms with E-state index in [1.807, 2.05) is 42.3 Å². The van der Waals surface area contributed by atoms with Gasteiger partial charge in [0.05, 0.1) is 0 Å². The van der Waals surface area contributed by atoms with Crippen molar-refractivity contribution in [3.05, 3.63) is 59.4 Å². The summed E-state index contributed by atoms with van der Waals surface area (Å²) in [5.74, 6) is 0.0736. The summed E-state index contributed by atoms with van der Waals surface area (Å²) in [7, 11) is 0. The first-order valence-electron chi connectivity index (χ1n) is 7.21. The minimum Gasteiger partial charge on any atom is -0.399 e. The Labute approximate surface area is 124 Å². The van der Waals surface area contributed by atoms with Crippen molar-refractivity contribution in [3.8, 4) is 0 Å². The molecule has 1 heterocycles. The number of benzene rings is 1. The van der Waals surface area contributed by atoms with E-state index in [4.69, 9.17) is 5.73 Å². The average molecular weight is 281 g/mol. The molecular formula is C17H19N3O. The number of amides is 1. The van der Waals surface area contributed by atoms with E-state index in [2.05, 4.69) is 4.98 Å². The van der Waals surface area contributed by atoms with Crippen molar-refractivity contribution < 1.29 is 4.79 Å². The highest BCUT2D eigenvalue weighted by Crippen LogP contribution is 2.30. The molecule has 0 spiro atoms. The van der Waals surface area contributed by atoms with Crippen LogP contribution in [0.1, 0.15) is 34.3 Å². The second-order valence-electron chi connectivity index (χ2n) is 5.60. The lowest BCUT2D eigenvalue weighted by atomic mass is 10.1. The first-order chi connectivity index (χ1) is 10.1. The molecule has 1 fully saturated rings. The molecule has 1 aliphatic carbocycles. The van der Waals surface area contributed by atoms with Gasteiger partial charge < -0.3 is 10.6 Å². The smallest absolute Gasteiger partial charge is 0.254 e. The summed E-state index contributed by atoms with van der Waals surface area (Å²) in [5.41, 5.74) is 9.26. The van der Waals surface area contributed by atoms with Crippen molar-refractivity contribution >= 4 is 11.6 Å². The molecule has 2 aromatic rings. The lowest BCUT2D eigenvalue weighted by molar-refractivity contribution is 0.0729. The normalized spacial score (nSPS) is 14.0. The van der Waals surface area contributed by atoms with Gasteiger partial charge in [0.1, 0.15) is 0 Å². The van der Waals surface area contributed by atoms with Gasteiger partial charge in [0.2, 0.25) is 0 Å². The summed E-state index contributed by atoms with van der Waals surface area (Å²) in [6.45, 7) is 2.54. The number of anilines is 1. The fourth-order valence-corrected chi connectivity index (χ4v) is 2.42. The molecule has 2 N–H and O–H groups in total. The third-order valence-corrected chi connectivity index (χ3v) is 3.84. The molecule has 21 heavy (non-hydrogen) atoms. The summed E-state index contributed by atoms with van der Waals surface area (Å²) in [4.78, 5) is 18.8. The van der Waals surface area contributed by atoms with Gasteiger partial charge >= 0.3 is 0 Å². The number of hydrogen-bond donors (Lipinski definition) is 1. The maximum absolute atomic E-state index is 12.8. The van der Waals surface area contributed by atoms with Gasteiger partial charge in [-0.25, -0.2) is 0 Å². The van der Waals surface area contributed by atoms with E-state index in [1.165, 1.54) is 0 Å². The van der Waals surface area contributed by atoms with Gasteiger partial charge in [-0.15, -0.1) is 0 Å². The van der Waals surface area contributed by atoms with Crippen LogP contribution in [0.15, 0.2) is 42.7 Å². The topological polar surface area (TPSA) is 59.2 Å². The average Bonchev–Trinajstić information content (AvgIpc) is 3.33. The number of carbonyl (C=O) groups is 1. The number of nitrogen functional groups attached to an aromatic ring is 1. The highest BCUT2D eigenvalue weighted by molar-refractivity contribution is 5.95. The molecule has 0 aliphatic heterocycles. The molecule has 0 radical (unpaired) electrons. The highest BCUT2D eigenvalue weighted by atomic mass is 16.2. The van der Waals surface area contributed by atoms with Gasteiger partial charge in [0, 0.05) is 36.2 Å². The van der Waals surface area contributed by atoms with Crippen LogP contribution in [0.25, 0.3) is 0 Å². The number of nitrogens with two attached hydrogens (primary N) is 1. The molecule has 4 heteroatoms. The summed E-state index contributed by atoms with van der Waals surface area (Å²) >= 11 is 0. The van der Waals surface area contributed by atoms with Gasteiger partial charge in [0.15, 0.2) is 0 Å². The van der Waals surface area contributed by atoms with Crippen LogP contribution >= 0.6 is 0 Å². The number of aryl methyl sites for hydroxylation is 1. The Kier molecular flexibility index (Phi) is 3.60. The third kappa shape index (κ3) is 3.05. The van der Waals surface area contributed by atoms with Crippen LogP contribution in [0, 0.1) is 6.92 Å². The summed E-state index contributed by atoms with van der Waals surface area (Å²) in [5, 5.41) is 0. The Morgan fingerprint density at radius 1 is 1.38 bits per heavy atom. The molecule has 0 bridgehead atoms. The maximum Gasteiger partial charge on any atom is 0.254 e. The molecular weight excluding hydrogens is 262 g/mol. The molecule has 0 atom stereocenters. The van der Waals surface area contributed by atoms with Crippen molar-refractivity contribution in [2.75, 3.05) is 5.73 Å². The Balaban J connectivity index is 1.83. The van der Waals surface area contributed by atoms with Crippen LogP contribution in [-0.4, -0.2) is 21.8 Å². The summed E-state index contributed by atoms with van der Waals surface area (Å²) < 4.78 is 0. The van der Waals surface area contributed by atoms with Crippen molar-refractivity contribution in [1.29, 1.82) is 0 Å². The van der Waals surface area contributed by atoms with Crippen molar-refractivity contribution in [1.82, 2.24) is 9.88 Å². The van der Waals surface area contributed by atoms with Crippen LogP contribution < -0.4 is 5.73 Å². The Morgan fingerprint density at radius 3 is 2.81 bits per heavy atom. The third-order valence-electron chi connectivity index (χ3n) is 3.84. The standard InChI is InChI=1S/C17H19N3O/c1-12-9-14(4-7-16(12)18)17(21)20(15-5-6-15)11-13-3-2-8-19-10-13/h2-4,7-10,15H,5-6,11,18H2,1H3. The zero-order chi connectivity index (χ0) is 14.8. The molecule has 0 saturated heterocycles. The van der Waals surface area contributed by atoms with Gasteiger partial charge in [-0.2, -0.15) is 0 Å². The van der Waals surface area contributed by atoms with Gasteiger partial charge in [-0.3, -0.25) is 9.78 Å². The number of aromatic nitrogens is 1. The molecule has 1 saturated carbocycles. The largest absolute Gasteiger partial charge is 0.399 e. The van der Waals surface area contributed by atoms with Crippen LogP contribution in [0.2, 0.25) is 0 Å². The lowest BCUT2D eigenvalue weighted by Gasteiger charge is -2.23. The van der Waals surface area contributed by atoms with Gasteiger partial charge in [-0.1, -0.05) is 6.07 Å². The molecule has 1 aliphatic rings. The van der Waals surface area contributed by atoms with Crippen LogP contribution in [-0.2, 0) is 6.54 Å². The second-order valence-corrected chi connectivity index (χ2v) is 5.60. The van der Waals surface area contributed by atoms with E-state index in [0.717, 1.165) is 29.7 Å². The van der Waals surface area contributed by atoms with Crippen molar-refractivity contribution in [3.63, 3.8) is 0 Å². The number of carbonyl (C=O) groups excluding carboxylic acids is 1. The minimum atomic E-state index is 0.0736. The SMILES string of the molecule is Cc1cc(C(=O)N(Cc2cccnc2)C2CC2)ccc1N. The molecule has 1 aromatic heterocycles. The first-order valence-corrected chi connectivity index (χ1v) is 7.21. The first kappa shape index (κ1) is 13.6. The molecule has 0 unspecified atom stereocenters. The quantitative estimate of drug-likeness (QED) is 0.877. The monoisotopic (exact) mass is 281 g/mol. The van der Waals surface area contributed by atoms with E-state index in [0.29, 0.717) is 18.2 Å². The number of nitrogens with zero attached hydrogens (tertiary/aromatic N) is 2. The fourth-order valence-electron chi connectivity index (χ4n) is 2.42. The van der Waals surface area contributed by atoms with Crippen LogP contribution in [0.4, 0.5) is 5.69 Å². The van der Waals surface area contributed by atoms with Gasteiger partial charge in [0.25, 0.3) is 5.91 Å². The maximum atomic E-state index is 12.8. The lowest BCUT2D eigenvalue weighted by Crippen LogP contribution is -2.32. The van der Waals surface area contributed by atoms with E-state index < -0.39 is 0 Å². The van der Waals surface area contributed by atoms with Crippen LogP contribution in [0.3, 0.4) is 0 Å². The highest BCUT2D eigenvalue weighted by Gasteiger charge is 2.33. The van der Waals surface area contributed by atoms with Gasteiger partial charge in [-0.05, 0) is 55.2 Å². The summed E-state index contributed by atoms with van der Waals surface area (Å²) in [6, 6.07) is 9.75. The van der Waals surface area contributed by atoms with E-state index >= 15 is 0 Å². The number of hydrogen-bond acceptors (Lipinski definition) is 3. The molecule has 1 amide bonds. The minimum absolute atomic E-state index is 0.0736. The molecule has 1 aromatic carbocycles. The van der Waals surface area contributed by atoms with E-state index in [1.54, 1.807) is 12.3 Å². The fraction of sp³-hybridized carbons (Fsp3) is 0.294. The van der Waals surface area contributed by atoms with Crippen molar-refractivity contribution in [2.24, 2.45) is 0 Å². The summed E-state index contributed by atoms with van der Waals surface area (Å²) in [6.07, 6.45) is 5.73. The predicted molar refractivity (Wildman–Crippen MR) is 82.7 cm³/mol. The second kappa shape index (κ2) is 5.56.